The van der Waals surface area contributed by atoms with E-state index in [1.165, 1.54) is 34.9 Å². The molecule has 0 radical (unpaired) electrons. The van der Waals surface area contributed by atoms with Crippen LogP contribution in [-0.2, 0) is 27.5 Å². The number of benzene rings is 1. The van der Waals surface area contributed by atoms with Crippen molar-refractivity contribution in [2.24, 2.45) is 0 Å². The molecule has 0 bridgehead atoms. The molecule has 10 nitrogen and oxygen atoms in total. The number of carbonyl (C=O) groups is 1. The zero-order valence-electron chi connectivity index (χ0n) is 23.0. The van der Waals surface area contributed by atoms with Crippen molar-refractivity contribution in [1.82, 2.24) is 23.9 Å². The Bertz CT molecular complexity index is 1770. The summed E-state index contributed by atoms with van der Waals surface area (Å²) >= 11 is 0. The lowest BCUT2D eigenvalue weighted by Gasteiger charge is -2.25. The Morgan fingerprint density at radius 1 is 1.19 bits per heavy atom. The van der Waals surface area contributed by atoms with Gasteiger partial charge in [0.1, 0.15) is 11.0 Å². The van der Waals surface area contributed by atoms with Gasteiger partial charge in [-0.15, -0.1) is 10.2 Å². The SMILES string of the molecule is CC[C@@H]1CN(Cc2cc([C@@H](CC(=O)O)c3ccn4c(C(F)(F)F)nnc4c3C)ccc2C)S(=O)(=O)c2cccnc2O1. The van der Waals surface area contributed by atoms with Crippen LogP contribution in [0.25, 0.3) is 5.65 Å². The van der Waals surface area contributed by atoms with E-state index in [2.05, 4.69) is 15.2 Å². The summed E-state index contributed by atoms with van der Waals surface area (Å²) < 4.78 is 75.6. The van der Waals surface area contributed by atoms with Crippen LogP contribution in [0.15, 0.2) is 53.7 Å². The van der Waals surface area contributed by atoms with Gasteiger partial charge in [-0.2, -0.15) is 17.5 Å². The third-order valence-corrected chi connectivity index (χ3v) is 9.32. The van der Waals surface area contributed by atoms with Crippen LogP contribution in [0.4, 0.5) is 13.2 Å². The molecule has 0 saturated heterocycles. The topological polar surface area (TPSA) is 127 Å². The number of aromatic nitrogens is 4. The first-order valence-electron chi connectivity index (χ1n) is 13.2. The molecule has 0 spiro atoms. The summed E-state index contributed by atoms with van der Waals surface area (Å²) in [5.41, 5.74) is 2.80. The molecule has 3 aromatic heterocycles. The summed E-state index contributed by atoms with van der Waals surface area (Å²) in [4.78, 5) is 16.0. The molecule has 1 aromatic carbocycles. The van der Waals surface area contributed by atoms with Crippen molar-refractivity contribution in [3.63, 3.8) is 0 Å². The second-order valence-electron chi connectivity index (χ2n) is 10.2. The van der Waals surface area contributed by atoms with E-state index < -0.39 is 40.0 Å². The van der Waals surface area contributed by atoms with Gasteiger partial charge < -0.3 is 9.84 Å². The summed E-state index contributed by atoms with van der Waals surface area (Å²) in [6.07, 6.45) is -2.31. The van der Waals surface area contributed by atoms with Crippen LogP contribution in [0.5, 0.6) is 5.88 Å². The summed E-state index contributed by atoms with van der Waals surface area (Å²) in [6, 6.07) is 9.70. The number of rotatable bonds is 7. The Balaban J connectivity index is 1.56. The van der Waals surface area contributed by atoms with Gasteiger partial charge in [-0.3, -0.25) is 9.20 Å². The number of aryl methyl sites for hydroxylation is 2. The molecule has 0 unspecified atom stereocenters. The fourth-order valence-corrected chi connectivity index (χ4v) is 6.72. The summed E-state index contributed by atoms with van der Waals surface area (Å²) in [5, 5.41) is 16.8. The Labute approximate surface area is 239 Å². The summed E-state index contributed by atoms with van der Waals surface area (Å²) in [7, 11) is -3.98. The second kappa shape index (κ2) is 11.0. The third-order valence-electron chi connectivity index (χ3n) is 7.49. The normalized spacial score (nSPS) is 17.8. The molecule has 4 heterocycles. The monoisotopic (exact) mass is 603 g/mol. The maximum absolute atomic E-state index is 13.7. The van der Waals surface area contributed by atoms with Gasteiger partial charge in [0.05, 0.1) is 13.0 Å². The first-order valence-corrected chi connectivity index (χ1v) is 14.6. The molecule has 4 aromatic rings. The van der Waals surface area contributed by atoms with Crippen LogP contribution >= 0.6 is 0 Å². The van der Waals surface area contributed by atoms with E-state index in [4.69, 9.17) is 4.74 Å². The number of aliphatic carboxylic acids is 1. The molecule has 1 aliphatic rings. The van der Waals surface area contributed by atoms with Gasteiger partial charge in [0.2, 0.25) is 21.7 Å². The minimum atomic E-state index is -4.72. The minimum absolute atomic E-state index is 0.00682. The van der Waals surface area contributed by atoms with Crippen LogP contribution in [0, 0.1) is 13.8 Å². The van der Waals surface area contributed by atoms with E-state index in [1.807, 2.05) is 13.8 Å². The molecule has 0 saturated carbocycles. The lowest BCUT2D eigenvalue weighted by molar-refractivity contribution is -0.145. The summed E-state index contributed by atoms with van der Waals surface area (Å²) in [6.45, 7) is 5.36. The molecular formula is C28H28F3N5O5S. The zero-order valence-corrected chi connectivity index (χ0v) is 23.8. The van der Waals surface area contributed by atoms with Crippen molar-refractivity contribution < 1.29 is 36.2 Å². The van der Waals surface area contributed by atoms with Gasteiger partial charge in [0.25, 0.3) is 0 Å². The van der Waals surface area contributed by atoms with Gasteiger partial charge >= 0.3 is 12.1 Å². The lowest BCUT2D eigenvalue weighted by atomic mass is 9.85. The Morgan fingerprint density at radius 3 is 2.64 bits per heavy atom. The average molecular weight is 604 g/mol. The molecule has 42 heavy (non-hydrogen) atoms. The fraction of sp³-hybridized carbons (Fsp3) is 0.357. The van der Waals surface area contributed by atoms with E-state index in [-0.39, 0.29) is 35.9 Å². The molecule has 2 atom stereocenters. The molecule has 14 heteroatoms. The van der Waals surface area contributed by atoms with Crippen molar-refractivity contribution in [1.29, 1.82) is 0 Å². The van der Waals surface area contributed by atoms with Crippen molar-refractivity contribution >= 4 is 21.6 Å². The Hall–Kier alpha value is -4.04. The van der Waals surface area contributed by atoms with Crippen LogP contribution < -0.4 is 4.74 Å². The number of fused-ring (bicyclic) bond motifs is 2. The number of carboxylic acid groups (broad SMARTS) is 1. The average Bonchev–Trinajstić information content (AvgIpc) is 3.34. The highest BCUT2D eigenvalue weighted by atomic mass is 32.2. The lowest BCUT2D eigenvalue weighted by Crippen LogP contribution is -2.36. The van der Waals surface area contributed by atoms with Gasteiger partial charge in [-0.1, -0.05) is 25.1 Å². The highest BCUT2D eigenvalue weighted by Gasteiger charge is 2.38. The standard InChI is InChI=1S/C28H28F3N5O5S/c1-4-20-15-35(42(39,40)23-6-5-10-32-26(23)41-20)14-19-12-18(8-7-16(19)2)22(13-24(37)38)21-9-11-36-25(17(21)3)33-34-27(36)28(29,30)31/h5-12,20,22H,4,13-15H2,1-3H3,(H,37,38)/t20-,22-/m1/s1. The molecule has 0 aliphatic carbocycles. The van der Waals surface area contributed by atoms with Crippen molar-refractivity contribution in [2.45, 2.75) is 63.3 Å². The van der Waals surface area contributed by atoms with Crippen LogP contribution in [-0.4, -0.2) is 56.0 Å². The molecular weight excluding hydrogens is 575 g/mol. The fourth-order valence-electron chi connectivity index (χ4n) is 5.20. The van der Waals surface area contributed by atoms with E-state index in [0.717, 1.165) is 9.96 Å². The second-order valence-corrected chi connectivity index (χ2v) is 12.1. The van der Waals surface area contributed by atoms with Crippen LogP contribution in [0.2, 0.25) is 0 Å². The molecule has 1 N–H and O–H groups in total. The summed E-state index contributed by atoms with van der Waals surface area (Å²) in [5.74, 6) is -2.99. The quantitative estimate of drug-likeness (QED) is 0.321. The maximum atomic E-state index is 13.7. The molecule has 1 aliphatic heterocycles. The highest BCUT2D eigenvalue weighted by Crippen LogP contribution is 2.36. The number of ether oxygens (including phenoxy) is 1. The Morgan fingerprint density at radius 2 is 1.95 bits per heavy atom. The first-order chi connectivity index (χ1) is 19.8. The number of hydrogen-bond donors (Lipinski definition) is 1. The van der Waals surface area contributed by atoms with Crippen molar-refractivity contribution in [3.05, 3.63) is 82.4 Å². The van der Waals surface area contributed by atoms with E-state index >= 15 is 0 Å². The Kier molecular flexibility index (Phi) is 7.70. The van der Waals surface area contributed by atoms with E-state index in [1.54, 1.807) is 25.1 Å². The number of sulfonamides is 1. The number of alkyl halides is 3. The van der Waals surface area contributed by atoms with Crippen LogP contribution in [0.3, 0.4) is 0 Å². The largest absolute Gasteiger partial charge is 0.481 e. The number of halogens is 3. The predicted octanol–water partition coefficient (Wildman–Crippen LogP) is 4.73. The maximum Gasteiger partial charge on any atom is 0.452 e. The third kappa shape index (κ3) is 5.43. The van der Waals surface area contributed by atoms with E-state index in [9.17, 15) is 31.5 Å². The molecule has 5 rings (SSSR count). The number of pyridine rings is 2. The predicted molar refractivity (Wildman–Crippen MR) is 145 cm³/mol. The smallest absolute Gasteiger partial charge is 0.452 e. The minimum Gasteiger partial charge on any atom is -0.481 e. The first kappa shape index (κ1) is 29.5. The number of hydrogen-bond acceptors (Lipinski definition) is 7. The zero-order chi connectivity index (χ0) is 30.4. The van der Waals surface area contributed by atoms with Crippen LogP contribution in [0.1, 0.15) is 59.3 Å². The van der Waals surface area contributed by atoms with Gasteiger partial charge in [-0.25, -0.2) is 13.4 Å². The van der Waals surface area contributed by atoms with Crippen molar-refractivity contribution in [3.8, 4) is 5.88 Å². The van der Waals surface area contributed by atoms with Crippen molar-refractivity contribution in [2.75, 3.05) is 6.54 Å². The molecule has 0 fully saturated rings. The highest BCUT2D eigenvalue weighted by molar-refractivity contribution is 7.89. The van der Waals surface area contributed by atoms with Gasteiger partial charge in [-0.05, 0) is 66.3 Å². The molecule has 222 valence electrons. The molecule has 0 amide bonds. The van der Waals surface area contributed by atoms with E-state index in [0.29, 0.717) is 28.7 Å². The van der Waals surface area contributed by atoms with Gasteiger partial charge in [0.15, 0.2) is 5.65 Å². The number of nitrogens with zero attached hydrogens (tertiary/aromatic N) is 5. The van der Waals surface area contributed by atoms with Gasteiger partial charge in [0, 0.05) is 24.9 Å². The number of carboxylic acids is 1.